The first-order valence-corrected chi connectivity index (χ1v) is 10.2. The Morgan fingerprint density at radius 2 is 1.71 bits per heavy atom. The van der Waals surface area contributed by atoms with E-state index in [-0.39, 0.29) is 35.8 Å². The Kier molecular flexibility index (Phi) is 8.58. The third kappa shape index (κ3) is 6.11. The van der Waals surface area contributed by atoms with E-state index in [1.807, 2.05) is 35.2 Å². The van der Waals surface area contributed by atoms with E-state index in [0.717, 1.165) is 31.4 Å². The number of nitrogens with zero attached hydrogens (tertiary/aromatic N) is 1. The zero-order valence-electron chi connectivity index (χ0n) is 16.5. The van der Waals surface area contributed by atoms with Crippen molar-refractivity contribution in [1.82, 2.24) is 10.2 Å². The number of nitrogens with one attached hydrogen (secondary N) is 2. The number of hydrogen-bond donors (Lipinski definition) is 3. The summed E-state index contributed by atoms with van der Waals surface area (Å²) in [4.78, 5) is 26.9. The van der Waals surface area contributed by atoms with Gasteiger partial charge in [-0.2, -0.15) is 0 Å². The van der Waals surface area contributed by atoms with Crippen LogP contribution in [0.25, 0.3) is 0 Å². The summed E-state index contributed by atoms with van der Waals surface area (Å²) in [6.45, 7) is 2.02. The summed E-state index contributed by atoms with van der Waals surface area (Å²) in [7, 11) is 0. The third-order valence-electron chi connectivity index (χ3n) is 6.09. The van der Waals surface area contributed by atoms with E-state index >= 15 is 0 Å². The number of hydrogen-bond acceptors (Lipinski definition) is 3. The van der Waals surface area contributed by atoms with E-state index in [4.69, 9.17) is 5.73 Å². The van der Waals surface area contributed by atoms with E-state index in [0.29, 0.717) is 26.1 Å². The number of urea groups is 1. The summed E-state index contributed by atoms with van der Waals surface area (Å²) in [5, 5.41) is 5.86. The molecule has 1 aliphatic heterocycles. The Balaban J connectivity index is 0.00000280. The normalized spacial score (nSPS) is 19.4. The molecule has 1 heterocycles. The number of amides is 3. The minimum absolute atomic E-state index is 0. The molecule has 0 aromatic heterocycles. The molecule has 1 saturated carbocycles. The maximum Gasteiger partial charge on any atom is 0.319 e. The Bertz CT molecular complexity index is 627. The van der Waals surface area contributed by atoms with Crippen molar-refractivity contribution in [3.63, 3.8) is 0 Å². The van der Waals surface area contributed by atoms with E-state index < -0.39 is 0 Å². The smallest absolute Gasteiger partial charge is 0.319 e. The Morgan fingerprint density at radius 3 is 2.32 bits per heavy atom. The van der Waals surface area contributed by atoms with Crippen molar-refractivity contribution in [3.8, 4) is 0 Å². The number of benzene rings is 1. The van der Waals surface area contributed by atoms with Crippen molar-refractivity contribution >= 4 is 30.0 Å². The van der Waals surface area contributed by atoms with Crippen LogP contribution in [0, 0.1) is 5.41 Å². The van der Waals surface area contributed by atoms with Crippen LogP contribution in [0.5, 0.6) is 0 Å². The lowest BCUT2D eigenvalue weighted by molar-refractivity contribution is -0.135. The number of halogens is 1. The minimum Gasteiger partial charge on any atom is -0.343 e. The van der Waals surface area contributed by atoms with Crippen LogP contribution >= 0.6 is 12.4 Å². The van der Waals surface area contributed by atoms with Crippen LogP contribution in [0.1, 0.15) is 51.4 Å². The number of carbonyl (C=O) groups is 2. The van der Waals surface area contributed by atoms with Gasteiger partial charge in [-0.1, -0.05) is 37.5 Å². The van der Waals surface area contributed by atoms with Crippen molar-refractivity contribution < 1.29 is 9.59 Å². The molecule has 6 nitrogen and oxygen atoms in total. The second kappa shape index (κ2) is 10.7. The quantitative estimate of drug-likeness (QED) is 0.696. The molecular formula is C21H33ClN4O2. The largest absolute Gasteiger partial charge is 0.343 e. The average Bonchev–Trinajstić information content (AvgIpc) is 2.70. The molecule has 0 unspecified atom stereocenters. The van der Waals surface area contributed by atoms with E-state index in [2.05, 4.69) is 10.6 Å². The predicted molar refractivity (Wildman–Crippen MR) is 115 cm³/mol. The van der Waals surface area contributed by atoms with E-state index in [1.165, 1.54) is 19.3 Å². The van der Waals surface area contributed by atoms with Crippen LogP contribution in [-0.2, 0) is 4.79 Å². The molecule has 2 aliphatic rings. The first-order valence-electron chi connectivity index (χ1n) is 10.2. The zero-order chi connectivity index (χ0) is 19.1. The van der Waals surface area contributed by atoms with Gasteiger partial charge in [-0.25, -0.2) is 4.79 Å². The number of nitrogens with two attached hydrogens (primary N) is 1. The van der Waals surface area contributed by atoms with E-state index in [9.17, 15) is 9.59 Å². The highest BCUT2D eigenvalue weighted by atomic mass is 35.5. The average molecular weight is 409 g/mol. The second-order valence-corrected chi connectivity index (χ2v) is 8.06. The number of carbonyl (C=O) groups excluding carboxylic acids is 2. The Labute approximate surface area is 174 Å². The zero-order valence-corrected chi connectivity index (χ0v) is 17.3. The fraction of sp³-hybridized carbons (Fsp3) is 0.619. The predicted octanol–water partition coefficient (Wildman–Crippen LogP) is 3.52. The molecule has 0 spiro atoms. The van der Waals surface area contributed by atoms with Gasteiger partial charge < -0.3 is 21.3 Å². The van der Waals surface area contributed by atoms with Crippen molar-refractivity contribution in [2.45, 2.75) is 57.4 Å². The topological polar surface area (TPSA) is 87.5 Å². The number of rotatable bonds is 5. The number of anilines is 1. The molecule has 1 saturated heterocycles. The SMILES string of the molecule is Cl.NCC1(CC(=O)N2CCC(NC(=O)Nc3ccccc3)CC2)CCCCC1. The molecule has 3 rings (SSSR count). The summed E-state index contributed by atoms with van der Waals surface area (Å²) in [6, 6.07) is 9.34. The standard InChI is InChI=1S/C21H32N4O2.ClH/c22-16-21(11-5-2-6-12-21)15-19(26)25-13-9-18(10-14-25)24-20(27)23-17-7-3-1-4-8-17;/h1,3-4,7-8,18H,2,5-6,9-16,22H2,(H2,23,24,27);1H. The minimum atomic E-state index is -0.185. The lowest BCUT2D eigenvalue weighted by atomic mass is 9.71. The van der Waals surface area contributed by atoms with Gasteiger partial charge in [0.1, 0.15) is 0 Å². The molecule has 1 aromatic carbocycles. The second-order valence-electron chi connectivity index (χ2n) is 8.06. The van der Waals surface area contributed by atoms with Crippen LogP contribution in [0.4, 0.5) is 10.5 Å². The van der Waals surface area contributed by atoms with E-state index in [1.54, 1.807) is 0 Å². The highest BCUT2D eigenvalue weighted by molar-refractivity contribution is 5.89. The van der Waals surface area contributed by atoms with Gasteiger partial charge in [0.25, 0.3) is 0 Å². The molecule has 156 valence electrons. The van der Waals surface area contributed by atoms with Gasteiger partial charge in [0.15, 0.2) is 0 Å². The van der Waals surface area contributed by atoms with Crippen molar-refractivity contribution in [3.05, 3.63) is 30.3 Å². The van der Waals surface area contributed by atoms with Gasteiger partial charge in [-0.3, -0.25) is 4.79 Å². The Hall–Kier alpha value is -1.79. The number of likely N-dealkylation sites (tertiary alicyclic amines) is 1. The molecule has 28 heavy (non-hydrogen) atoms. The molecule has 1 aliphatic carbocycles. The van der Waals surface area contributed by atoms with Gasteiger partial charge in [0.2, 0.25) is 5.91 Å². The summed E-state index contributed by atoms with van der Waals surface area (Å²) >= 11 is 0. The summed E-state index contributed by atoms with van der Waals surface area (Å²) in [6.07, 6.45) is 7.96. The molecule has 7 heteroatoms. The van der Waals surface area contributed by atoms with Gasteiger partial charge in [-0.15, -0.1) is 12.4 Å². The van der Waals surface area contributed by atoms with Gasteiger partial charge in [-0.05, 0) is 49.8 Å². The number of piperidine rings is 1. The maximum atomic E-state index is 12.8. The fourth-order valence-corrected chi connectivity index (χ4v) is 4.33. The molecule has 2 fully saturated rings. The van der Waals surface area contributed by atoms with Crippen LogP contribution in [0.15, 0.2) is 30.3 Å². The molecular weight excluding hydrogens is 376 g/mol. The molecule has 1 aromatic rings. The van der Waals surface area contributed by atoms with Gasteiger partial charge in [0, 0.05) is 31.2 Å². The monoisotopic (exact) mass is 408 g/mol. The van der Waals surface area contributed by atoms with Crippen molar-refractivity contribution in [2.75, 3.05) is 25.0 Å². The van der Waals surface area contributed by atoms with Crippen LogP contribution in [0.3, 0.4) is 0 Å². The summed E-state index contributed by atoms with van der Waals surface area (Å²) in [5.41, 5.74) is 6.82. The number of para-hydroxylation sites is 1. The first kappa shape index (κ1) is 22.5. The third-order valence-corrected chi connectivity index (χ3v) is 6.09. The highest BCUT2D eigenvalue weighted by Crippen LogP contribution is 2.39. The molecule has 0 bridgehead atoms. The lowest BCUT2D eigenvalue weighted by Gasteiger charge is -2.39. The maximum absolute atomic E-state index is 12.8. The van der Waals surface area contributed by atoms with Crippen molar-refractivity contribution in [1.29, 1.82) is 0 Å². The van der Waals surface area contributed by atoms with Crippen molar-refractivity contribution in [2.24, 2.45) is 11.1 Å². The molecule has 3 amide bonds. The first-order chi connectivity index (χ1) is 13.1. The Morgan fingerprint density at radius 1 is 1.07 bits per heavy atom. The molecule has 4 N–H and O–H groups in total. The van der Waals surface area contributed by atoms with Crippen LogP contribution in [-0.4, -0.2) is 42.5 Å². The van der Waals surface area contributed by atoms with Crippen LogP contribution in [0.2, 0.25) is 0 Å². The van der Waals surface area contributed by atoms with Crippen LogP contribution < -0.4 is 16.4 Å². The summed E-state index contributed by atoms with van der Waals surface area (Å²) < 4.78 is 0. The molecule has 0 atom stereocenters. The fourth-order valence-electron chi connectivity index (χ4n) is 4.33. The molecule has 0 radical (unpaired) electrons. The van der Waals surface area contributed by atoms with Gasteiger partial charge in [0.05, 0.1) is 0 Å². The van der Waals surface area contributed by atoms with Gasteiger partial charge >= 0.3 is 6.03 Å². The lowest BCUT2D eigenvalue weighted by Crippen LogP contribution is -2.49. The summed E-state index contributed by atoms with van der Waals surface area (Å²) in [5.74, 6) is 0.231. The highest BCUT2D eigenvalue weighted by Gasteiger charge is 2.35.